The summed E-state index contributed by atoms with van der Waals surface area (Å²) in [5.41, 5.74) is 4.03. The van der Waals surface area contributed by atoms with Crippen LogP contribution in [-0.4, -0.2) is 27.7 Å². The number of fused-ring (bicyclic) bond motifs is 2. The predicted molar refractivity (Wildman–Crippen MR) is 119 cm³/mol. The fourth-order valence-electron chi connectivity index (χ4n) is 4.23. The van der Waals surface area contributed by atoms with Gasteiger partial charge >= 0.3 is 0 Å². The molecule has 5 heteroatoms. The van der Waals surface area contributed by atoms with Gasteiger partial charge in [0, 0.05) is 17.6 Å². The number of hydrogen-bond donors (Lipinski definition) is 1. The Kier molecular flexibility index (Phi) is 4.79. The molecule has 2 amide bonds. The van der Waals surface area contributed by atoms with E-state index in [-0.39, 0.29) is 17.9 Å². The Morgan fingerprint density at radius 3 is 2.26 bits per heavy atom. The van der Waals surface area contributed by atoms with Crippen molar-refractivity contribution >= 4 is 22.7 Å². The van der Waals surface area contributed by atoms with Crippen LogP contribution in [0, 0.1) is 0 Å². The van der Waals surface area contributed by atoms with Gasteiger partial charge in [-0.3, -0.25) is 14.5 Å². The second kappa shape index (κ2) is 7.76. The van der Waals surface area contributed by atoms with Gasteiger partial charge in [0.15, 0.2) is 0 Å². The third kappa shape index (κ3) is 3.38. The van der Waals surface area contributed by atoms with Gasteiger partial charge in [-0.1, -0.05) is 54.6 Å². The van der Waals surface area contributed by atoms with Gasteiger partial charge in [0.2, 0.25) is 0 Å². The number of imide groups is 1. The summed E-state index contributed by atoms with van der Waals surface area (Å²) < 4.78 is 6.05. The molecule has 31 heavy (non-hydrogen) atoms. The molecule has 154 valence electrons. The summed E-state index contributed by atoms with van der Waals surface area (Å²) in [7, 11) is 0. The third-order valence-corrected chi connectivity index (χ3v) is 5.78. The zero-order valence-electron chi connectivity index (χ0n) is 17.2. The van der Waals surface area contributed by atoms with Crippen molar-refractivity contribution < 1.29 is 14.3 Å². The maximum absolute atomic E-state index is 12.8. The molecule has 4 aromatic rings. The van der Waals surface area contributed by atoms with E-state index >= 15 is 0 Å². The number of aromatic nitrogens is 1. The van der Waals surface area contributed by atoms with E-state index < -0.39 is 0 Å². The predicted octanol–water partition coefficient (Wildman–Crippen LogP) is 4.97. The minimum absolute atomic E-state index is 0.222. The summed E-state index contributed by atoms with van der Waals surface area (Å²) in [6.07, 6.45) is 2.50. The van der Waals surface area contributed by atoms with Crippen molar-refractivity contribution in [3.05, 3.63) is 101 Å². The highest BCUT2D eigenvalue weighted by molar-refractivity contribution is 6.21. The summed E-state index contributed by atoms with van der Waals surface area (Å²) in [4.78, 5) is 30.3. The highest BCUT2D eigenvalue weighted by Crippen LogP contribution is 2.31. The number of benzene rings is 3. The Balaban J connectivity index is 1.37. The first-order valence-electron chi connectivity index (χ1n) is 10.4. The summed E-state index contributed by atoms with van der Waals surface area (Å²) in [6.45, 7) is 2.40. The van der Waals surface area contributed by atoms with Crippen LogP contribution in [0.15, 0.2) is 79.0 Å². The number of H-pyrrole nitrogens is 1. The number of ether oxygens (including phenoxy) is 1. The minimum atomic E-state index is -0.264. The van der Waals surface area contributed by atoms with Crippen LogP contribution in [0.4, 0.5) is 0 Å². The lowest BCUT2D eigenvalue weighted by Gasteiger charge is -2.22. The van der Waals surface area contributed by atoms with Crippen molar-refractivity contribution in [3.8, 4) is 5.75 Å². The van der Waals surface area contributed by atoms with E-state index in [1.807, 2.05) is 61.7 Å². The van der Waals surface area contributed by atoms with E-state index in [1.54, 1.807) is 24.3 Å². The molecule has 0 spiro atoms. The van der Waals surface area contributed by atoms with Crippen LogP contribution in [-0.2, 0) is 13.0 Å². The normalized spacial score (nSPS) is 14.2. The lowest BCUT2D eigenvalue weighted by atomic mass is 10.0. The monoisotopic (exact) mass is 410 g/mol. The van der Waals surface area contributed by atoms with Gasteiger partial charge in [0.25, 0.3) is 11.8 Å². The molecular formula is C26H22N2O3. The molecular weight excluding hydrogens is 388 g/mol. The second-order valence-electron chi connectivity index (χ2n) is 7.85. The van der Waals surface area contributed by atoms with Crippen molar-refractivity contribution in [2.75, 3.05) is 0 Å². The molecule has 1 aliphatic heterocycles. The molecule has 3 aromatic carbocycles. The first-order valence-corrected chi connectivity index (χ1v) is 10.4. The van der Waals surface area contributed by atoms with E-state index in [0.29, 0.717) is 24.2 Å². The fraction of sp³-hybridized carbons (Fsp3) is 0.154. The number of para-hydroxylation sites is 1. The van der Waals surface area contributed by atoms with E-state index in [2.05, 4.69) is 4.98 Å². The molecule has 0 saturated carbocycles. The summed E-state index contributed by atoms with van der Waals surface area (Å²) in [6, 6.07) is 22.7. The molecule has 1 aromatic heterocycles. The molecule has 0 aliphatic carbocycles. The van der Waals surface area contributed by atoms with Crippen molar-refractivity contribution in [2.45, 2.75) is 26.0 Å². The number of carbonyl (C=O) groups is 2. The van der Waals surface area contributed by atoms with Crippen LogP contribution in [0.2, 0.25) is 0 Å². The topological polar surface area (TPSA) is 62.4 Å². The van der Waals surface area contributed by atoms with Crippen LogP contribution in [0.3, 0.4) is 0 Å². The standard InChI is InChI=1S/C26H22N2O3/c1-17(28-25(29)21-10-5-6-11-22(21)26(28)30)14-19-15-27-24-20(19)12-7-13-23(24)31-16-18-8-3-2-4-9-18/h2-13,15,17,27H,14,16H2,1H3. The van der Waals surface area contributed by atoms with Crippen molar-refractivity contribution in [2.24, 2.45) is 0 Å². The SMILES string of the molecule is CC(Cc1c[nH]c2c(OCc3ccccc3)cccc12)N1C(=O)c2ccccc2C1=O. The zero-order valence-corrected chi connectivity index (χ0v) is 17.2. The van der Waals surface area contributed by atoms with Gasteiger partial charge < -0.3 is 9.72 Å². The largest absolute Gasteiger partial charge is 0.487 e. The average molecular weight is 410 g/mol. The summed E-state index contributed by atoms with van der Waals surface area (Å²) >= 11 is 0. The molecule has 1 atom stereocenters. The third-order valence-electron chi connectivity index (χ3n) is 5.78. The zero-order chi connectivity index (χ0) is 21.4. The quantitative estimate of drug-likeness (QED) is 0.456. The molecule has 0 radical (unpaired) electrons. The number of aromatic amines is 1. The highest BCUT2D eigenvalue weighted by atomic mass is 16.5. The first-order chi connectivity index (χ1) is 15.1. The lowest BCUT2D eigenvalue weighted by molar-refractivity contribution is 0.0597. The van der Waals surface area contributed by atoms with Crippen LogP contribution in [0.25, 0.3) is 10.9 Å². The molecule has 1 aliphatic rings. The number of carbonyl (C=O) groups excluding carboxylic acids is 2. The van der Waals surface area contributed by atoms with E-state index in [9.17, 15) is 9.59 Å². The average Bonchev–Trinajstić information content (AvgIpc) is 3.32. The smallest absolute Gasteiger partial charge is 0.261 e. The van der Waals surface area contributed by atoms with Crippen LogP contribution >= 0.6 is 0 Å². The van der Waals surface area contributed by atoms with Crippen molar-refractivity contribution in [3.63, 3.8) is 0 Å². The maximum atomic E-state index is 12.8. The Bertz CT molecular complexity index is 1240. The van der Waals surface area contributed by atoms with Crippen LogP contribution < -0.4 is 4.74 Å². The van der Waals surface area contributed by atoms with Gasteiger partial charge in [-0.15, -0.1) is 0 Å². The Hall–Kier alpha value is -3.86. The van der Waals surface area contributed by atoms with E-state index in [4.69, 9.17) is 4.74 Å². The molecule has 2 heterocycles. The van der Waals surface area contributed by atoms with Gasteiger partial charge in [-0.2, -0.15) is 0 Å². The Morgan fingerprint density at radius 1 is 0.871 bits per heavy atom. The molecule has 5 rings (SSSR count). The highest BCUT2D eigenvalue weighted by Gasteiger charge is 2.38. The van der Waals surface area contributed by atoms with Gasteiger partial charge in [-0.25, -0.2) is 0 Å². The molecule has 0 bridgehead atoms. The Morgan fingerprint density at radius 2 is 1.55 bits per heavy atom. The van der Waals surface area contributed by atoms with Crippen molar-refractivity contribution in [1.82, 2.24) is 9.88 Å². The minimum Gasteiger partial charge on any atom is -0.487 e. The molecule has 0 saturated heterocycles. The van der Waals surface area contributed by atoms with E-state index in [0.717, 1.165) is 27.8 Å². The molecule has 0 fully saturated rings. The van der Waals surface area contributed by atoms with Crippen LogP contribution in [0.1, 0.15) is 38.8 Å². The van der Waals surface area contributed by atoms with Crippen LogP contribution in [0.5, 0.6) is 5.75 Å². The maximum Gasteiger partial charge on any atom is 0.261 e. The van der Waals surface area contributed by atoms with Gasteiger partial charge in [-0.05, 0) is 42.7 Å². The summed E-state index contributed by atoms with van der Waals surface area (Å²) in [5, 5.41) is 1.04. The molecule has 1 unspecified atom stereocenters. The van der Waals surface area contributed by atoms with Gasteiger partial charge in [0.1, 0.15) is 12.4 Å². The van der Waals surface area contributed by atoms with Gasteiger partial charge in [0.05, 0.1) is 16.6 Å². The van der Waals surface area contributed by atoms with Crippen molar-refractivity contribution in [1.29, 1.82) is 0 Å². The second-order valence-corrected chi connectivity index (χ2v) is 7.85. The summed E-state index contributed by atoms with van der Waals surface area (Å²) in [5.74, 6) is 0.334. The lowest BCUT2D eigenvalue weighted by Crippen LogP contribution is -2.39. The molecule has 5 nitrogen and oxygen atoms in total. The number of nitrogens with one attached hydrogen (secondary N) is 1. The first kappa shape index (κ1) is 19.1. The molecule has 1 N–H and O–H groups in total. The number of nitrogens with zero attached hydrogens (tertiary/aromatic N) is 1. The van der Waals surface area contributed by atoms with E-state index in [1.165, 1.54) is 4.90 Å². The number of amides is 2. The number of rotatable bonds is 6. The fourth-order valence-corrected chi connectivity index (χ4v) is 4.23. The Labute approximate surface area is 180 Å². The number of hydrogen-bond acceptors (Lipinski definition) is 3.